The first-order valence-electron chi connectivity index (χ1n) is 22.8. The fraction of sp³-hybridized carbons (Fsp3) is 0.333. The molecule has 14 heteroatoms. The van der Waals surface area contributed by atoms with E-state index in [1.807, 2.05) is 182 Å². The molecule has 2 N–H and O–H groups in total. The van der Waals surface area contributed by atoms with Gasteiger partial charge in [0.1, 0.15) is 42.7 Å². The van der Waals surface area contributed by atoms with Crippen molar-refractivity contribution in [3.8, 4) is 0 Å². The molecule has 68 heavy (non-hydrogen) atoms. The Hall–Kier alpha value is -5.81. The van der Waals surface area contributed by atoms with Crippen LogP contribution in [0.15, 0.2) is 187 Å². The summed E-state index contributed by atoms with van der Waals surface area (Å²) in [5.41, 5.74) is 12.8. The maximum absolute atomic E-state index is 12.9. The summed E-state index contributed by atoms with van der Waals surface area (Å²) >= 11 is 0. The monoisotopic (exact) mass is 923 g/mol. The number of rotatable bonds is 23. The van der Waals surface area contributed by atoms with E-state index >= 15 is 0 Å². The molecule has 0 radical (unpaired) electrons. The summed E-state index contributed by atoms with van der Waals surface area (Å²) in [6, 6.07) is 57.4. The Kier molecular flexibility index (Phi) is 17.9. The van der Waals surface area contributed by atoms with Crippen molar-refractivity contribution in [1.29, 1.82) is 0 Å². The number of ether oxygens (including phenoxy) is 9. The summed E-state index contributed by atoms with van der Waals surface area (Å²) in [6.07, 6.45) is -11.3. The molecule has 0 aromatic heterocycles. The molecule has 0 amide bonds. The van der Waals surface area contributed by atoms with E-state index in [-0.39, 0.29) is 52.9 Å². The number of hydrogen-bond donors (Lipinski definition) is 2. The minimum atomic E-state index is -2.61. The maximum atomic E-state index is 12.9. The number of azide groups is 1. The first kappa shape index (κ1) is 48.6. The van der Waals surface area contributed by atoms with E-state index in [1.54, 1.807) is 0 Å². The molecule has 6 aromatic carbocycles. The third-order valence-electron chi connectivity index (χ3n) is 11.7. The molecule has 6 aromatic rings. The van der Waals surface area contributed by atoms with Crippen molar-refractivity contribution in [3.63, 3.8) is 0 Å². The third kappa shape index (κ3) is 13.2. The Labute approximate surface area is 396 Å². The van der Waals surface area contributed by atoms with Gasteiger partial charge in [-0.05, 0) is 38.9 Å². The van der Waals surface area contributed by atoms with Crippen LogP contribution in [0.25, 0.3) is 10.4 Å². The molecule has 354 valence electrons. The number of benzene rings is 6. The summed E-state index contributed by atoms with van der Waals surface area (Å²) in [5.74, 6) is 0. The van der Waals surface area contributed by atoms with Crippen LogP contribution >= 0.6 is 0 Å². The van der Waals surface area contributed by atoms with Crippen LogP contribution < -0.4 is 0 Å². The Morgan fingerprint density at radius 1 is 0.471 bits per heavy atom. The minimum absolute atomic E-state index is 0.00751. The SMILES string of the molecule is [N-]=[N+]=N[C@]1(O)[C@H](O[C@@H]2O[C@H](COCc3ccccc3)[C@H](OCc3ccccc3)[C@H](OCc3ccccc3)[C@H]2O)O[C@H](COCc2ccccc2)[C@H](OCc2ccccc2)[C@@H]1OCc1ccccc1. The summed E-state index contributed by atoms with van der Waals surface area (Å²) in [7, 11) is 0. The van der Waals surface area contributed by atoms with Gasteiger partial charge in [-0.25, -0.2) is 0 Å². The van der Waals surface area contributed by atoms with Crippen LogP contribution in [0, 0.1) is 0 Å². The molecule has 2 aliphatic rings. The van der Waals surface area contributed by atoms with E-state index < -0.39 is 61.0 Å². The largest absolute Gasteiger partial charge is 0.385 e. The van der Waals surface area contributed by atoms with Gasteiger partial charge in [-0.3, -0.25) is 0 Å². The molecule has 2 heterocycles. The zero-order chi connectivity index (χ0) is 46.8. The molecule has 14 nitrogen and oxygen atoms in total. The van der Waals surface area contributed by atoms with Gasteiger partial charge < -0.3 is 52.8 Å². The van der Waals surface area contributed by atoms with Gasteiger partial charge >= 0.3 is 0 Å². The third-order valence-corrected chi connectivity index (χ3v) is 11.7. The van der Waals surface area contributed by atoms with Crippen molar-refractivity contribution in [2.45, 2.75) is 101 Å². The predicted octanol–water partition coefficient (Wildman–Crippen LogP) is 8.59. The second kappa shape index (κ2) is 25.0. The highest BCUT2D eigenvalue weighted by molar-refractivity contribution is 5.18. The van der Waals surface area contributed by atoms with Gasteiger partial charge in [-0.1, -0.05) is 187 Å². The Morgan fingerprint density at radius 2 is 0.824 bits per heavy atom. The molecule has 2 aliphatic heterocycles. The molecule has 2 fully saturated rings. The number of aliphatic hydroxyl groups excluding tert-OH is 1. The highest BCUT2D eigenvalue weighted by Crippen LogP contribution is 2.40. The fourth-order valence-electron chi connectivity index (χ4n) is 8.21. The molecule has 0 spiro atoms. The lowest BCUT2D eigenvalue weighted by Crippen LogP contribution is -2.69. The van der Waals surface area contributed by atoms with Gasteiger partial charge in [-0.15, -0.1) is 0 Å². The highest BCUT2D eigenvalue weighted by Gasteiger charge is 2.60. The molecule has 0 aliphatic carbocycles. The zero-order valence-corrected chi connectivity index (χ0v) is 37.6. The van der Waals surface area contributed by atoms with Crippen LogP contribution in [0.4, 0.5) is 0 Å². The number of nitrogens with zero attached hydrogens (tertiary/aromatic N) is 3. The standard InChI is InChI=1S/C54H57N3O11/c55-57-56-54(59)51(65-36-44-29-17-6-18-30-44)49(63-34-42-25-13-4-14-26-42)46(38-61-32-40-21-9-2-10-22-40)67-53(54)68-52-47(58)50(64-35-43-27-15-5-16-28-43)48(62-33-41-23-11-3-12-24-41)45(66-52)37-60-31-39-19-7-1-8-20-39/h1-30,45-53,58-59H,31-38H2/t45-,46-,47-,48+,49+,50-,51+,52+,53+,54-/m1/s1. The van der Waals surface area contributed by atoms with Crippen LogP contribution in [0.1, 0.15) is 33.4 Å². The molecule has 2 saturated heterocycles. The summed E-state index contributed by atoms with van der Waals surface area (Å²) in [4.78, 5) is 3.09. The molecule has 0 bridgehead atoms. The Balaban J connectivity index is 1.13. The Bertz CT molecular complexity index is 2410. The lowest BCUT2D eigenvalue weighted by molar-refractivity contribution is -0.407. The minimum Gasteiger partial charge on any atom is -0.385 e. The topological polar surface area (TPSA) is 172 Å². The van der Waals surface area contributed by atoms with Gasteiger partial charge in [0.05, 0.1) is 52.9 Å². The van der Waals surface area contributed by atoms with Gasteiger partial charge in [0.2, 0.25) is 5.72 Å². The van der Waals surface area contributed by atoms with E-state index in [0.717, 1.165) is 33.4 Å². The van der Waals surface area contributed by atoms with Crippen LogP contribution in [0.2, 0.25) is 0 Å². The first-order valence-corrected chi connectivity index (χ1v) is 22.8. The first-order chi connectivity index (χ1) is 33.5. The van der Waals surface area contributed by atoms with Gasteiger partial charge in [0, 0.05) is 4.91 Å². The van der Waals surface area contributed by atoms with E-state index in [0.29, 0.717) is 0 Å². The van der Waals surface area contributed by atoms with Gasteiger partial charge in [0.15, 0.2) is 12.6 Å². The molecular weight excluding hydrogens is 867 g/mol. The zero-order valence-electron chi connectivity index (χ0n) is 37.6. The van der Waals surface area contributed by atoms with Gasteiger partial charge in [0.25, 0.3) is 0 Å². The smallest absolute Gasteiger partial charge is 0.223 e. The predicted molar refractivity (Wildman–Crippen MR) is 251 cm³/mol. The number of hydrogen-bond acceptors (Lipinski definition) is 12. The van der Waals surface area contributed by atoms with Gasteiger partial charge in [-0.2, -0.15) is 0 Å². The van der Waals surface area contributed by atoms with Crippen molar-refractivity contribution in [1.82, 2.24) is 0 Å². The van der Waals surface area contributed by atoms with Crippen molar-refractivity contribution in [2.24, 2.45) is 5.11 Å². The molecular formula is C54H57N3O11. The molecule has 0 saturated carbocycles. The normalized spacial score (nSPS) is 25.9. The average Bonchev–Trinajstić information content (AvgIpc) is 3.38. The van der Waals surface area contributed by atoms with Crippen LogP contribution in [-0.4, -0.2) is 84.5 Å². The lowest BCUT2D eigenvalue weighted by Gasteiger charge is -2.51. The highest BCUT2D eigenvalue weighted by atomic mass is 16.8. The van der Waals surface area contributed by atoms with Crippen molar-refractivity contribution >= 4 is 0 Å². The van der Waals surface area contributed by atoms with Crippen molar-refractivity contribution < 1.29 is 52.8 Å². The maximum Gasteiger partial charge on any atom is 0.223 e. The quantitative estimate of drug-likeness (QED) is 0.0358. The molecule has 0 unspecified atom stereocenters. The van der Waals surface area contributed by atoms with E-state index in [2.05, 4.69) is 10.0 Å². The summed E-state index contributed by atoms with van der Waals surface area (Å²) in [5, 5.41) is 29.2. The van der Waals surface area contributed by atoms with E-state index in [1.165, 1.54) is 0 Å². The second-order valence-electron chi connectivity index (χ2n) is 16.7. The fourth-order valence-corrected chi connectivity index (χ4v) is 8.21. The summed E-state index contributed by atoms with van der Waals surface area (Å²) in [6.45, 7) is 0.779. The summed E-state index contributed by atoms with van der Waals surface area (Å²) < 4.78 is 58.7. The molecule has 10 atom stereocenters. The Morgan fingerprint density at radius 3 is 1.24 bits per heavy atom. The van der Waals surface area contributed by atoms with Crippen molar-refractivity contribution in [2.75, 3.05) is 13.2 Å². The molecule has 8 rings (SSSR count). The number of aliphatic hydroxyl groups is 2. The lowest BCUT2D eigenvalue weighted by atomic mass is 9.92. The average molecular weight is 924 g/mol. The van der Waals surface area contributed by atoms with Crippen LogP contribution in [0.3, 0.4) is 0 Å². The van der Waals surface area contributed by atoms with Crippen molar-refractivity contribution in [3.05, 3.63) is 226 Å². The second-order valence-corrected chi connectivity index (χ2v) is 16.7. The van der Waals surface area contributed by atoms with Crippen LogP contribution in [0.5, 0.6) is 0 Å². The van der Waals surface area contributed by atoms with E-state index in [9.17, 15) is 15.7 Å². The van der Waals surface area contributed by atoms with E-state index in [4.69, 9.17) is 42.6 Å². The van der Waals surface area contributed by atoms with Crippen LogP contribution in [-0.2, 0) is 82.3 Å².